The first kappa shape index (κ1) is 25.0. The molecule has 0 bridgehead atoms. The molecule has 8 heteroatoms. The number of phenols is 4. The molecular weight excluding hydrogens is 440 g/mol. The molecule has 0 unspecified atom stereocenters. The Labute approximate surface area is 198 Å². The maximum atomic E-state index is 13.1. The number of carbonyl (C=O) groups excluding carboxylic acids is 2. The van der Waals surface area contributed by atoms with Crippen LogP contribution in [0.5, 0.6) is 34.5 Å². The van der Waals surface area contributed by atoms with Gasteiger partial charge in [0.05, 0.1) is 12.7 Å². The Hall–Kier alpha value is -3.68. The lowest BCUT2D eigenvalue weighted by Gasteiger charge is -2.31. The quantitative estimate of drug-likeness (QED) is 0.449. The average molecular weight is 471 g/mol. The van der Waals surface area contributed by atoms with Gasteiger partial charge in [0.2, 0.25) is 0 Å². The van der Waals surface area contributed by atoms with Gasteiger partial charge in [-0.3, -0.25) is 9.59 Å². The fourth-order valence-corrected chi connectivity index (χ4v) is 4.09. The molecule has 1 aliphatic heterocycles. The highest BCUT2D eigenvalue weighted by molar-refractivity contribution is 6.05. The second-order valence-corrected chi connectivity index (χ2v) is 9.29. The number of Topliss-reactive ketones (excluding diaryl/α,β-unsaturated/α-hetero) is 2. The van der Waals surface area contributed by atoms with Crippen molar-refractivity contribution in [3.05, 3.63) is 39.5 Å². The maximum absolute atomic E-state index is 13.1. The number of fused-ring (bicyclic) bond motifs is 1. The van der Waals surface area contributed by atoms with Gasteiger partial charge in [0, 0.05) is 29.0 Å². The van der Waals surface area contributed by atoms with Crippen molar-refractivity contribution >= 4 is 17.6 Å². The zero-order chi connectivity index (χ0) is 25.7. The van der Waals surface area contributed by atoms with E-state index in [1.165, 1.54) is 21.0 Å². The van der Waals surface area contributed by atoms with Gasteiger partial charge < -0.3 is 29.9 Å². The van der Waals surface area contributed by atoms with E-state index in [-0.39, 0.29) is 68.6 Å². The van der Waals surface area contributed by atoms with Gasteiger partial charge in [-0.05, 0) is 39.8 Å². The molecule has 4 N–H and O–H groups in total. The minimum absolute atomic E-state index is 0.0430. The lowest BCUT2D eigenvalue weighted by atomic mass is 9.87. The predicted molar refractivity (Wildman–Crippen MR) is 127 cm³/mol. The van der Waals surface area contributed by atoms with Crippen LogP contribution < -0.4 is 9.47 Å². The molecule has 0 amide bonds. The SMILES string of the molecule is COc1c(Cc2c(O)c3c(c(C(=O)C(C)C)c2O)OC(C)(C)C=C3)c(O)c(C)c(O)c1C(C)=O. The van der Waals surface area contributed by atoms with E-state index in [9.17, 15) is 30.0 Å². The van der Waals surface area contributed by atoms with Gasteiger partial charge in [-0.25, -0.2) is 0 Å². The van der Waals surface area contributed by atoms with Crippen LogP contribution >= 0.6 is 0 Å². The first-order chi connectivity index (χ1) is 15.7. The first-order valence-electron chi connectivity index (χ1n) is 10.9. The largest absolute Gasteiger partial charge is 0.507 e. The van der Waals surface area contributed by atoms with E-state index in [1.54, 1.807) is 39.8 Å². The number of ketones is 2. The molecule has 0 atom stereocenters. The third kappa shape index (κ3) is 3.93. The van der Waals surface area contributed by atoms with Crippen molar-refractivity contribution in [1.82, 2.24) is 0 Å². The van der Waals surface area contributed by atoms with Crippen molar-refractivity contribution in [3.8, 4) is 34.5 Å². The summed E-state index contributed by atoms with van der Waals surface area (Å²) in [6, 6.07) is 0. The van der Waals surface area contributed by atoms with Crippen LogP contribution in [0.2, 0.25) is 0 Å². The van der Waals surface area contributed by atoms with Crippen LogP contribution in [0.4, 0.5) is 0 Å². The minimum Gasteiger partial charge on any atom is -0.507 e. The summed E-state index contributed by atoms with van der Waals surface area (Å²) in [5.41, 5.74) is -0.699. The summed E-state index contributed by atoms with van der Waals surface area (Å²) in [4.78, 5) is 25.3. The van der Waals surface area contributed by atoms with Gasteiger partial charge in [-0.15, -0.1) is 0 Å². The Kier molecular flexibility index (Phi) is 6.30. The Morgan fingerprint density at radius 1 is 1.00 bits per heavy atom. The van der Waals surface area contributed by atoms with E-state index in [0.717, 1.165) is 0 Å². The molecule has 0 spiro atoms. The number of hydrogen-bond acceptors (Lipinski definition) is 8. The van der Waals surface area contributed by atoms with Crippen LogP contribution in [0.1, 0.15) is 77.6 Å². The zero-order valence-electron chi connectivity index (χ0n) is 20.4. The van der Waals surface area contributed by atoms with Crippen molar-refractivity contribution in [1.29, 1.82) is 0 Å². The first-order valence-corrected chi connectivity index (χ1v) is 10.9. The number of ether oxygens (including phenoxy) is 2. The molecule has 0 aromatic heterocycles. The number of phenolic OH excluding ortho intramolecular Hbond substituents is 4. The fraction of sp³-hybridized carbons (Fsp3) is 0.385. The predicted octanol–water partition coefficient (Wildman–Crippen LogP) is 4.64. The molecule has 2 aromatic rings. The topological polar surface area (TPSA) is 134 Å². The molecule has 8 nitrogen and oxygen atoms in total. The van der Waals surface area contributed by atoms with Gasteiger partial charge in [0.15, 0.2) is 11.6 Å². The molecule has 34 heavy (non-hydrogen) atoms. The van der Waals surface area contributed by atoms with E-state index in [2.05, 4.69) is 0 Å². The molecule has 0 fully saturated rings. The Morgan fingerprint density at radius 3 is 2.15 bits per heavy atom. The Balaban J connectivity index is 2.37. The van der Waals surface area contributed by atoms with Crippen molar-refractivity contribution < 1.29 is 39.5 Å². The standard InChI is InChI=1S/C26H30O8/c1-11(2)19(28)18-23(32)15(22(31)14-8-9-26(5,6)34-25(14)18)10-16-20(29)12(3)21(30)17(13(4)27)24(16)33-7/h8-9,11,29-32H,10H2,1-7H3. The van der Waals surface area contributed by atoms with Crippen LogP contribution in [0.25, 0.3) is 6.08 Å². The third-order valence-electron chi connectivity index (χ3n) is 5.97. The Morgan fingerprint density at radius 2 is 1.62 bits per heavy atom. The third-order valence-corrected chi connectivity index (χ3v) is 5.97. The van der Waals surface area contributed by atoms with E-state index < -0.39 is 28.8 Å². The minimum atomic E-state index is -0.772. The molecule has 0 saturated heterocycles. The monoisotopic (exact) mass is 470 g/mol. The summed E-state index contributed by atoms with van der Waals surface area (Å²) in [5.74, 6) is -2.97. The summed E-state index contributed by atoms with van der Waals surface area (Å²) in [6.07, 6.45) is 3.04. The molecule has 0 aliphatic carbocycles. The summed E-state index contributed by atoms with van der Waals surface area (Å²) >= 11 is 0. The van der Waals surface area contributed by atoms with Gasteiger partial charge >= 0.3 is 0 Å². The van der Waals surface area contributed by atoms with Crippen molar-refractivity contribution in [2.24, 2.45) is 5.92 Å². The normalized spacial score (nSPS) is 14.0. The highest BCUT2D eigenvalue weighted by Crippen LogP contribution is 2.50. The van der Waals surface area contributed by atoms with Crippen molar-refractivity contribution in [2.75, 3.05) is 7.11 Å². The van der Waals surface area contributed by atoms with Gasteiger partial charge in [-0.1, -0.05) is 13.8 Å². The van der Waals surface area contributed by atoms with E-state index >= 15 is 0 Å². The van der Waals surface area contributed by atoms with Crippen molar-refractivity contribution in [3.63, 3.8) is 0 Å². The second-order valence-electron chi connectivity index (χ2n) is 9.29. The lowest BCUT2D eigenvalue weighted by Crippen LogP contribution is -2.29. The lowest BCUT2D eigenvalue weighted by molar-refractivity contribution is 0.0921. The van der Waals surface area contributed by atoms with Crippen LogP contribution in [0, 0.1) is 12.8 Å². The van der Waals surface area contributed by atoms with E-state index in [1.807, 2.05) is 0 Å². The van der Waals surface area contributed by atoms with E-state index in [4.69, 9.17) is 9.47 Å². The number of methoxy groups -OCH3 is 1. The number of benzene rings is 2. The van der Waals surface area contributed by atoms with Crippen LogP contribution in [0.15, 0.2) is 6.08 Å². The number of rotatable bonds is 6. The molecule has 0 radical (unpaired) electrons. The highest BCUT2D eigenvalue weighted by atomic mass is 16.5. The van der Waals surface area contributed by atoms with Gasteiger partial charge in [0.25, 0.3) is 0 Å². The average Bonchev–Trinajstić information content (AvgIpc) is 2.74. The molecule has 0 saturated carbocycles. The molecule has 2 aromatic carbocycles. The van der Waals surface area contributed by atoms with Crippen LogP contribution in [-0.4, -0.2) is 44.7 Å². The molecule has 1 heterocycles. The number of hydrogen-bond donors (Lipinski definition) is 4. The van der Waals surface area contributed by atoms with Crippen LogP contribution in [-0.2, 0) is 6.42 Å². The summed E-state index contributed by atoms with van der Waals surface area (Å²) in [5, 5.41) is 43.5. The zero-order valence-corrected chi connectivity index (χ0v) is 20.4. The molecule has 182 valence electrons. The smallest absolute Gasteiger partial charge is 0.172 e. The van der Waals surface area contributed by atoms with Gasteiger partial charge in [-0.2, -0.15) is 0 Å². The summed E-state index contributed by atoms with van der Waals surface area (Å²) in [7, 11) is 1.28. The van der Waals surface area contributed by atoms with Crippen LogP contribution in [0.3, 0.4) is 0 Å². The number of aromatic hydroxyl groups is 4. The summed E-state index contributed by atoms with van der Waals surface area (Å²) in [6.45, 7) is 9.60. The molecular formula is C26H30O8. The Bertz CT molecular complexity index is 1230. The summed E-state index contributed by atoms with van der Waals surface area (Å²) < 4.78 is 11.3. The van der Waals surface area contributed by atoms with Crippen molar-refractivity contribution in [2.45, 2.75) is 53.6 Å². The molecule has 1 aliphatic rings. The highest BCUT2D eigenvalue weighted by Gasteiger charge is 2.35. The maximum Gasteiger partial charge on any atom is 0.172 e. The van der Waals surface area contributed by atoms with Gasteiger partial charge in [0.1, 0.15) is 51.2 Å². The fourth-order valence-electron chi connectivity index (χ4n) is 4.09. The number of carbonyl (C=O) groups is 2. The second kappa shape index (κ2) is 8.59. The van der Waals surface area contributed by atoms with E-state index in [0.29, 0.717) is 0 Å². The molecule has 3 rings (SSSR count).